The van der Waals surface area contributed by atoms with Crippen molar-refractivity contribution in [1.29, 1.82) is 5.26 Å². The van der Waals surface area contributed by atoms with Crippen LogP contribution in [-0.4, -0.2) is 30.9 Å². The highest BCUT2D eigenvalue weighted by Crippen LogP contribution is 2.20. The van der Waals surface area contributed by atoms with Gasteiger partial charge < -0.3 is 5.32 Å². The summed E-state index contributed by atoms with van der Waals surface area (Å²) >= 11 is 0. The zero-order chi connectivity index (χ0) is 14.5. The van der Waals surface area contributed by atoms with Crippen LogP contribution in [0.3, 0.4) is 0 Å². The Labute approximate surface area is 118 Å². The summed E-state index contributed by atoms with van der Waals surface area (Å²) in [5.41, 5.74) is 0.587. The van der Waals surface area contributed by atoms with E-state index in [1.165, 1.54) is 6.07 Å². The molecule has 20 heavy (non-hydrogen) atoms. The van der Waals surface area contributed by atoms with Crippen LogP contribution in [0.25, 0.3) is 0 Å². The lowest BCUT2D eigenvalue weighted by Crippen LogP contribution is -2.41. The summed E-state index contributed by atoms with van der Waals surface area (Å²) in [7, 11) is 1.64. The first kappa shape index (κ1) is 14.5. The summed E-state index contributed by atoms with van der Waals surface area (Å²) in [4.78, 5) is 13.7. The number of hydrogen-bond acceptors (Lipinski definition) is 3. The second kappa shape index (κ2) is 6.49. The van der Waals surface area contributed by atoms with Crippen LogP contribution in [0.4, 0.5) is 4.39 Å². The largest absolute Gasteiger partial charge is 0.359 e. The Bertz CT molecular complexity index is 538. The topological polar surface area (TPSA) is 56.1 Å². The summed E-state index contributed by atoms with van der Waals surface area (Å²) in [6.07, 6.45) is 1.80. The van der Waals surface area contributed by atoms with Crippen LogP contribution in [-0.2, 0) is 11.3 Å². The second-order valence-electron chi connectivity index (χ2n) is 5.08. The smallest absolute Gasteiger partial charge is 0.224 e. The second-order valence-corrected chi connectivity index (χ2v) is 5.08. The molecule has 1 heterocycles. The molecule has 1 aliphatic heterocycles. The summed E-state index contributed by atoms with van der Waals surface area (Å²) in [5.74, 6) is -0.436. The molecule has 106 valence electrons. The van der Waals surface area contributed by atoms with Crippen LogP contribution >= 0.6 is 0 Å². The first-order chi connectivity index (χ1) is 9.65. The van der Waals surface area contributed by atoms with Crippen molar-refractivity contribution >= 4 is 5.91 Å². The van der Waals surface area contributed by atoms with Gasteiger partial charge in [0.2, 0.25) is 5.91 Å². The third kappa shape index (κ3) is 3.14. The van der Waals surface area contributed by atoms with E-state index in [1.807, 2.05) is 6.07 Å². The highest BCUT2D eigenvalue weighted by atomic mass is 19.1. The molecule has 1 atom stereocenters. The van der Waals surface area contributed by atoms with E-state index in [1.54, 1.807) is 19.2 Å². The number of amides is 1. The van der Waals surface area contributed by atoms with Crippen molar-refractivity contribution in [2.45, 2.75) is 19.4 Å². The summed E-state index contributed by atoms with van der Waals surface area (Å²) in [6, 6.07) is 6.71. The molecule has 0 bridgehead atoms. The van der Waals surface area contributed by atoms with Gasteiger partial charge in [0.25, 0.3) is 0 Å². The minimum Gasteiger partial charge on any atom is -0.359 e. The average Bonchev–Trinajstić information content (AvgIpc) is 2.49. The third-order valence-corrected chi connectivity index (χ3v) is 3.72. The molecule has 1 aromatic carbocycles. The molecule has 0 aromatic heterocycles. The Hall–Kier alpha value is -1.93. The Balaban J connectivity index is 2.07. The van der Waals surface area contributed by atoms with Crippen molar-refractivity contribution in [3.05, 3.63) is 35.1 Å². The average molecular weight is 275 g/mol. The number of benzene rings is 1. The van der Waals surface area contributed by atoms with Crippen molar-refractivity contribution in [3.8, 4) is 6.07 Å². The van der Waals surface area contributed by atoms with Crippen molar-refractivity contribution in [1.82, 2.24) is 10.2 Å². The number of carbonyl (C=O) groups excluding carboxylic acids is 1. The number of halogens is 1. The lowest BCUT2D eigenvalue weighted by Gasteiger charge is -2.31. The van der Waals surface area contributed by atoms with Crippen molar-refractivity contribution in [2.24, 2.45) is 5.92 Å². The molecular formula is C15H18FN3O. The SMILES string of the molecule is CNC(=O)C1CCCN(Cc2cccc(C#N)c2F)C1. The van der Waals surface area contributed by atoms with Gasteiger partial charge in [-0.15, -0.1) is 0 Å². The standard InChI is InChI=1S/C15H18FN3O/c1-18-15(20)13-6-3-7-19(10-13)9-12-5-2-4-11(8-17)14(12)16/h2,4-5,13H,3,6-7,9-10H2,1H3,(H,18,20). The lowest BCUT2D eigenvalue weighted by molar-refractivity contribution is -0.126. The van der Waals surface area contributed by atoms with Gasteiger partial charge in [-0.2, -0.15) is 5.26 Å². The van der Waals surface area contributed by atoms with E-state index < -0.39 is 5.82 Å². The fourth-order valence-corrected chi connectivity index (χ4v) is 2.65. The molecule has 0 aliphatic carbocycles. The van der Waals surface area contributed by atoms with Crippen LogP contribution in [0.1, 0.15) is 24.0 Å². The molecule has 0 spiro atoms. The number of nitriles is 1. The van der Waals surface area contributed by atoms with Gasteiger partial charge >= 0.3 is 0 Å². The molecule has 1 N–H and O–H groups in total. The summed E-state index contributed by atoms with van der Waals surface area (Å²) in [6.45, 7) is 1.93. The minimum absolute atomic E-state index is 0.0315. The fraction of sp³-hybridized carbons (Fsp3) is 0.467. The highest BCUT2D eigenvalue weighted by molar-refractivity contribution is 5.78. The van der Waals surface area contributed by atoms with Gasteiger partial charge in [-0.3, -0.25) is 9.69 Å². The van der Waals surface area contributed by atoms with E-state index in [0.717, 1.165) is 19.4 Å². The molecule has 1 amide bonds. The Morgan fingerprint density at radius 2 is 2.40 bits per heavy atom. The van der Waals surface area contributed by atoms with Gasteiger partial charge in [0.05, 0.1) is 11.5 Å². The van der Waals surface area contributed by atoms with Crippen molar-refractivity contribution < 1.29 is 9.18 Å². The van der Waals surface area contributed by atoms with Gasteiger partial charge in [0.1, 0.15) is 11.9 Å². The maximum atomic E-state index is 14.0. The molecule has 1 fully saturated rings. The van der Waals surface area contributed by atoms with Gasteiger partial charge in [-0.1, -0.05) is 12.1 Å². The Kier molecular flexibility index (Phi) is 4.70. The summed E-state index contributed by atoms with van der Waals surface area (Å²) in [5, 5.41) is 11.5. The minimum atomic E-state index is -0.447. The van der Waals surface area contributed by atoms with Crippen molar-refractivity contribution in [2.75, 3.05) is 20.1 Å². The predicted molar refractivity (Wildman–Crippen MR) is 73.2 cm³/mol. The number of nitrogens with one attached hydrogen (secondary N) is 1. The van der Waals surface area contributed by atoms with Crippen LogP contribution < -0.4 is 5.32 Å². The highest BCUT2D eigenvalue weighted by Gasteiger charge is 2.25. The van der Waals surface area contributed by atoms with E-state index in [2.05, 4.69) is 10.2 Å². The van der Waals surface area contributed by atoms with Crippen molar-refractivity contribution in [3.63, 3.8) is 0 Å². The van der Waals surface area contributed by atoms with E-state index in [-0.39, 0.29) is 17.4 Å². The molecule has 4 nitrogen and oxygen atoms in total. The Morgan fingerprint density at radius 3 is 3.10 bits per heavy atom. The van der Waals surface area contributed by atoms with E-state index in [0.29, 0.717) is 18.7 Å². The van der Waals surface area contributed by atoms with Gasteiger partial charge in [-0.05, 0) is 25.5 Å². The fourth-order valence-electron chi connectivity index (χ4n) is 2.65. The maximum Gasteiger partial charge on any atom is 0.224 e. The molecule has 1 aromatic rings. The van der Waals surface area contributed by atoms with Crippen LogP contribution in [0.5, 0.6) is 0 Å². The number of rotatable bonds is 3. The molecule has 0 radical (unpaired) electrons. The molecule has 2 rings (SSSR count). The number of likely N-dealkylation sites (tertiary alicyclic amines) is 1. The lowest BCUT2D eigenvalue weighted by atomic mass is 9.96. The van der Waals surface area contributed by atoms with Crippen LogP contribution in [0.15, 0.2) is 18.2 Å². The predicted octanol–water partition coefficient (Wildman–Crippen LogP) is 1.66. The van der Waals surface area contributed by atoms with E-state index in [4.69, 9.17) is 5.26 Å². The number of hydrogen-bond donors (Lipinski definition) is 1. The molecule has 1 unspecified atom stereocenters. The molecule has 1 aliphatic rings. The maximum absolute atomic E-state index is 14.0. The molecule has 5 heteroatoms. The van der Waals surface area contributed by atoms with E-state index in [9.17, 15) is 9.18 Å². The van der Waals surface area contributed by atoms with Crippen LogP contribution in [0.2, 0.25) is 0 Å². The number of carbonyl (C=O) groups is 1. The molecule has 0 saturated carbocycles. The summed E-state index contributed by atoms with van der Waals surface area (Å²) < 4.78 is 14.0. The Morgan fingerprint density at radius 1 is 1.60 bits per heavy atom. The van der Waals surface area contributed by atoms with Crippen LogP contribution in [0, 0.1) is 23.1 Å². The van der Waals surface area contributed by atoms with Gasteiger partial charge in [0.15, 0.2) is 0 Å². The monoisotopic (exact) mass is 275 g/mol. The third-order valence-electron chi connectivity index (χ3n) is 3.72. The molecular weight excluding hydrogens is 257 g/mol. The molecule has 1 saturated heterocycles. The number of piperidine rings is 1. The van der Waals surface area contributed by atoms with Gasteiger partial charge in [-0.25, -0.2) is 4.39 Å². The quantitative estimate of drug-likeness (QED) is 0.912. The normalized spacial score (nSPS) is 19.4. The first-order valence-corrected chi connectivity index (χ1v) is 6.77. The number of nitrogens with zero attached hydrogens (tertiary/aromatic N) is 2. The van der Waals surface area contributed by atoms with E-state index >= 15 is 0 Å². The van der Waals surface area contributed by atoms with Gasteiger partial charge in [0, 0.05) is 25.7 Å². The zero-order valence-electron chi connectivity index (χ0n) is 11.5. The zero-order valence-corrected chi connectivity index (χ0v) is 11.5. The first-order valence-electron chi connectivity index (χ1n) is 6.77.